The maximum Gasteiger partial charge on any atom is 0.254 e. The van der Waals surface area contributed by atoms with E-state index in [0.29, 0.717) is 23.4 Å². The molecule has 0 fully saturated rings. The Balaban J connectivity index is 2.93. The highest BCUT2D eigenvalue weighted by Gasteiger charge is 2.17. The maximum atomic E-state index is 12.1. The molecule has 1 amide bonds. The van der Waals surface area contributed by atoms with Crippen molar-refractivity contribution in [1.29, 1.82) is 5.26 Å². The molecule has 0 aliphatic rings. The van der Waals surface area contributed by atoms with Crippen molar-refractivity contribution in [2.24, 2.45) is 0 Å². The molecule has 0 heterocycles. The molecular formula is C12H16N4O. The van der Waals surface area contributed by atoms with Gasteiger partial charge >= 0.3 is 0 Å². The summed E-state index contributed by atoms with van der Waals surface area (Å²) in [4.78, 5) is 13.6. The predicted molar refractivity (Wildman–Crippen MR) is 67.1 cm³/mol. The van der Waals surface area contributed by atoms with Gasteiger partial charge in [0.2, 0.25) is 0 Å². The number of hydrogen-bond acceptors (Lipinski definition) is 4. The van der Waals surface area contributed by atoms with Crippen LogP contribution in [0.5, 0.6) is 0 Å². The van der Waals surface area contributed by atoms with E-state index in [1.165, 1.54) is 4.90 Å². The van der Waals surface area contributed by atoms with E-state index in [2.05, 4.69) is 0 Å². The van der Waals surface area contributed by atoms with E-state index in [9.17, 15) is 4.79 Å². The molecule has 1 rings (SSSR count). The number of rotatable bonds is 3. The van der Waals surface area contributed by atoms with Crippen LogP contribution in [0.15, 0.2) is 18.2 Å². The zero-order valence-corrected chi connectivity index (χ0v) is 9.97. The molecule has 0 saturated carbocycles. The van der Waals surface area contributed by atoms with Gasteiger partial charge in [-0.3, -0.25) is 4.79 Å². The number of carbonyl (C=O) groups excluding carboxylic acids is 1. The van der Waals surface area contributed by atoms with E-state index in [0.717, 1.165) is 0 Å². The van der Waals surface area contributed by atoms with Crippen LogP contribution >= 0.6 is 0 Å². The highest BCUT2D eigenvalue weighted by atomic mass is 16.2. The van der Waals surface area contributed by atoms with Crippen LogP contribution < -0.4 is 11.5 Å². The van der Waals surface area contributed by atoms with E-state index >= 15 is 0 Å². The molecule has 0 aliphatic carbocycles. The maximum absolute atomic E-state index is 12.1. The highest BCUT2D eigenvalue weighted by Crippen LogP contribution is 2.16. The second kappa shape index (κ2) is 5.21. The van der Waals surface area contributed by atoms with Crippen molar-refractivity contribution in [3.8, 4) is 6.07 Å². The van der Waals surface area contributed by atoms with Crippen molar-refractivity contribution in [2.75, 3.05) is 18.5 Å². The molecule has 0 radical (unpaired) electrons. The van der Waals surface area contributed by atoms with Gasteiger partial charge in [0, 0.05) is 30.0 Å². The molecule has 1 unspecified atom stereocenters. The Morgan fingerprint density at radius 1 is 1.41 bits per heavy atom. The number of nitrogen functional groups attached to an aromatic ring is 2. The molecule has 4 N–H and O–H groups in total. The van der Waals surface area contributed by atoms with Crippen molar-refractivity contribution in [2.45, 2.75) is 19.4 Å². The third-order valence-electron chi connectivity index (χ3n) is 2.59. The minimum atomic E-state index is -0.188. The molecule has 90 valence electrons. The third kappa shape index (κ3) is 3.11. The van der Waals surface area contributed by atoms with Gasteiger partial charge in [0.05, 0.1) is 12.5 Å². The van der Waals surface area contributed by atoms with E-state index in [1.807, 2.05) is 13.0 Å². The number of hydrogen-bond donors (Lipinski definition) is 2. The molecule has 1 atom stereocenters. The lowest BCUT2D eigenvalue weighted by Gasteiger charge is -2.23. The molecule has 0 aromatic heterocycles. The Kier molecular flexibility index (Phi) is 3.94. The fourth-order valence-electron chi connectivity index (χ4n) is 1.47. The van der Waals surface area contributed by atoms with Crippen LogP contribution in [-0.2, 0) is 0 Å². The summed E-state index contributed by atoms with van der Waals surface area (Å²) in [6, 6.07) is 6.64. The van der Waals surface area contributed by atoms with Crippen LogP contribution in [0.25, 0.3) is 0 Å². The van der Waals surface area contributed by atoms with Gasteiger partial charge in [-0.1, -0.05) is 0 Å². The lowest BCUT2D eigenvalue weighted by Crippen LogP contribution is -2.34. The Morgan fingerprint density at radius 2 is 1.94 bits per heavy atom. The van der Waals surface area contributed by atoms with Crippen molar-refractivity contribution < 1.29 is 4.79 Å². The Labute approximate surface area is 101 Å². The van der Waals surface area contributed by atoms with Crippen LogP contribution in [0.2, 0.25) is 0 Å². The van der Waals surface area contributed by atoms with Crippen LogP contribution in [0, 0.1) is 11.3 Å². The van der Waals surface area contributed by atoms with Gasteiger partial charge in [0.15, 0.2) is 0 Å². The van der Waals surface area contributed by atoms with Crippen LogP contribution in [0.1, 0.15) is 23.7 Å². The zero-order chi connectivity index (χ0) is 13.0. The number of amides is 1. The molecule has 5 heteroatoms. The van der Waals surface area contributed by atoms with Gasteiger partial charge in [-0.25, -0.2) is 0 Å². The smallest absolute Gasteiger partial charge is 0.254 e. The van der Waals surface area contributed by atoms with Crippen LogP contribution in [-0.4, -0.2) is 23.9 Å². The lowest BCUT2D eigenvalue weighted by atomic mass is 10.1. The van der Waals surface area contributed by atoms with E-state index in [1.54, 1.807) is 25.2 Å². The standard InChI is InChI=1S/C12H16N4O/c1-8(3-4-13)16(2)12(17)9-5-10(14)7-11(15)6-9/h5-8H,3,14-15H2,1-2H3. The molecule has 17 heavy (non-hydrogen) atoms. The number of nitriles is 1. The highest BCUT2D eigenvalue weighted by molar-refractivity contribution is 5.96. The largest absolute Gasteiger partial charge is 0.399 e. The van der Waals surface area contributed by atoms with Crippen molar-refractivity contribution in [3.05, 3.63) is 23.8 Å². The quantitative estimate of drug-likeness (QED) is 0.766. The minimum Gasteiger partial charge on any atom is -0.399 e. The molecule has 5 nitrogen and oxygen atoms in total. The first-order chi connectivity index (χ1) is 7.95. The van der Waals surface area contributed by atoms with E-state index in [4.69, 9.17) is 16.7 Å². The summed E-state index contributed by atoms with van der Waals surface area (Å²) >= 11 is 0. The predicted octanol–water partition coefficient (Wildman–Crippen LogP) is 1.23. The van der Waals surface area contributed by atoms with E-state index in [-0.39, 0.29) is 11.9 Å². The zero-order valence-electron chi connectivity index (χ0n) is 9.97. The van der Waals surface area contributed by atoms with Crippen LogP contribution in [0.3, 0.4) is 0 Å². The molecular weight excluding hydrogens is 216 g/mol. The number of nitrogens with zero attached hydrogens (tertiary/aromatic N) is 2. The Bertz CT molecular complexity index is 444. The number of anilines is 2. The van der Waals surface area contributed by atoms with Crippen molar-refractivity contribution in [3.63, 3.8) is 0 Å². The number of carbonyl (C=O) groups is 1. The fraction of sp³-hybridized carbons (Fsp3) is 0.333. The molecule has 0 spiro atoms. The Morgan fingerprint density at radius 3 is 2.41 bits per heavy atom. The number of nitrogens with two attached hydrogens (primary N) is 2. The van der Waals surface area contributed by atoms with Gasteiger partial charge < -0.3 is 16.4 Å². The lowest BCUT2D eigenvalue weighted by molar-refractivity contribution is 0.0746. The first-order valence-corrected chi connectivity index (χ1v) is 5.26. The summed E-state index contributed by atoms with van der Waals surface area (Å²) in [7, 11) is 1.66. The van der Waals surface area contributed by atoms with Gasteiger partial charge in [0.25, 0.3) is 5.91 Å². The van der Waals surface area contributed by atoms with Gasteiger partial charge in [-0.2, -0.15) is 5.26 Å². The molecule has 0 saturated heterocycles. The SMILES string of the molecule is CC(CC#N)N(C)C(=O)c1cc(N)cc(N)c1. The summed E-state index contributed by atoms with van der Waals surface area (Å²) in [5.41, 5.74) is 12.6. The van der Waals surface area contributed by atoms with Crippen molar-refractivity contribution in [1.82, 2.24) is 4.90 Å². The summed E-state index contributed by atoms with van der Waals surface area (Å²) < 4.78 is 0. The number of benzene rings is 1. The summed E-state index contributed by atoms with van der Waals surface area (Å²) in [5, 5.41) is 8.60. The third-order valence-corrected chi connectivity index (χ3v) is 2.59. The van der Waals surface area contributed by atoms with Gasteiger partial charge in [-0.15, -0.1) is 0 Å². The molecule has 1 aromatic carbocycles. The van der Waals surface area contributed by atoms with E-state index < -0.39 is 0 Å². The topological polar surface area (TPSA) is 96.1 Å². The summed E-state index contributed by atoms with van der Waals surface area (Å²) in [5.74, 6) is -0.188. The second-order valence-corrected chi connectivity index (χ2v) is 4.02. The van der Waals surface area contributed by atoms with Gasteiger partial charge in [0.1, 0.15) is 0 Å². The van der Waals surface area contributed by atoms with Crippen molar-refractivity contribution >= 4 is 17.3 Å². The normalized spacial score (nSPS) is 11.6. The molecule has 0 bridgehead atoms. The summed E-state index contributed by atoms with van der Waals surface area (Å²) in [6.45, 7) is 1.82. The first-order valence-electron chi connectivity index (χ1n) is 5.26. The van der Waals surface area contributed by atoms with Crippen LogP contribution in [0.4, 0.5) is 11.4 Å². The first kappa shape index (κ1) is 12.8. The second-order valence-electron chi connectivity index (χ2n) is 4.02. The molecule has 0 aliphatic heterocycles. The monoisotopic (exact) mass is 232 g/mol. The average Bonchev–Trinajstić information content (AvgIpc) is 2.26. The average molecular weight is 232 g/mol. The minimum absolute atomic E-state index is 0.143. The fourth-order valence-corrected chi connectivity index (χ4v) is 1.47. The molecule has 1 aromatic rings. The Hall–Kier alpha value is -2.22. The van der Waals surface area contributed by atoms with Gasteiger partial charge in [-0.05, 0) is 25.1 Å². The summed E-state index contributed by atoms with van der Waals surface area (Å²) in [6.07, 6.45) is 0.292.